The van der Waals surface area contributed by atoms with E-state index in [4.69, 9.17) is 0 Å². The number of H-pyrrole nitrogens is 1. The van der Waals surface area contributed by atoms with Gasteiger partial charge in [0, 0.05) is 34.4 Å². The highest BCUT2D eigenvalue weighted by Gasteiger charge is 2.20. The Morgan fingerprint density at radius 1 is 1.19 bits per heavy atom. The molecule has 0 aliphatic rings. The van der Waals surface area contributed by atoms with E-state index in [1.54, 1.807) is 0 Å². The zero-order valence-electron chi connectivity index (χ0n) is 18.1. The molecule has 0 aliphatic carbocycles. The first-order chi connectivity index (χ1) is 15.1. The summed E-state index contributed by atoms with van der Waals surface area (Å²) in [6.07, 6.45) is 3.99. The average molecular weight is 434 g/mol. The van der Waals surface area contributed by atoms with Crippen LogP contribution in [0.3, 0.4) is 0 Å². The lowest BCUT2D eigenvalue weighted by Gasteiger charge is -2.13. The molecule has 2 aromatic carbocycles. The number of carbonyl (C=O) groups is 1. The van der Waals surface area contributed by atoms with E-state index < -0.39 is 0 Å². The van der Waals surface area contributed by atoms with Crippen molar-refractivity contribution in [3.8, 4) is 17.1 Å². The van der Waals surface area contributed by atoms with Crippen LogP contribution in [0.25, 0.3) is 28.0 Å². The lowest BCUT2D eigenvalue weighted by Crippen LogP contribution is -2.33. The second-order valence-electron chi connectivity index (χ2n) is 7.77. The number of hydrogen-bond donors (Lipinski definition) is 2. The Morgan fingerprint density at radius 2 is 2.03 bits per heavy atom. The zero-order valence-corrected chi connectivity index (χ0v) is 18.9. The van der Waals surface area contributed by atoms with Crippen molar-refractivity contribution in [1.82, 2.24) is 25.1 Å². The number of amides is 1. The molecule has 0 fully saturated rings. The summed E-state index contributed by atoms with van der Waals surface area (Å²) in [6.45, 7) is 6.22. The van der Waals surface area contributed by atoms with Crippen LogP contribution in [-0.2, 0) is 4.79 Å². The van der Waals surface area contributed by atoms with Crippen molar-refractivity contribution in [2.45, 2.75) is 44.8 Å². The monoisotopic (exact) mass is 433 g/mol. The van der Waals surface area contributed by atoms with E-state index in [0.717, 1.165) is 46.4 Å². The Morgan fingerprint density at radius 3 is 2.84 bits per heavy atom. The van der Waals surface area contributed by atoms with Crippen LogP contribution in [0.15, 0.2) is 59.9 Å². The molecule has 4 rings (SSSR count). The van der Waals surface area contributed by atoms with Crippen molar-refractivity contribution in [3.63, 3.8) is 0 Å². The number of aromatic amines is 1. The number of para-hydroxylation sites is 1. The van der Waals surface area contributed by atoms with Gasteiger partial charge in [-0.1, -0.05) is 55.4 Å². The Hall–Kier alpha value is -3.06. The molecule has 4 aromatic rings. The number of nitrogens with zero attached hydrogens (tertiary/aromatic N) is 3. The van der Waals surface area contributed by atoms with E-state index in [9.17, 15) is 4.79 Å². The minimum absolute atomic E-state index is 0.0124. The Kier molecular flexibility index (Phi) is 6.42. The third-order valence-electron chi connectivity index (χ3n) is 5.18. The quantitative estimate of drug-likeness (QED) is 0.378. The summed E-state index contributed by atoms with van der Waals surface area (Å²) in [6, 6.07) is 16.6. The van der Waals surface area contributed by atoms with Gasteiger partial charge < -0.3 is 10.3 Å². The summed E-state index contributed by atoms with van der Waals surface area (Å²) in [4.78, 5) is 15.7. The van der Waals surface area contributed by atoms with Gasteiger partial charge in [0.2, 0.25) is 5.91 Å². The lowest BCUT2D eigenvalue weighted by atomic mass is 10.1. The Balaban J connectivity index is 1.69. The van der Waals surface area contributed by atoms with Crippen molar-refractivity contribution in [3.05, 3.63) is 60.3 Å². The maximum atomic E-state index is 12.4. The first-order valence-corrected chi connectivity index (χ1v) is 11.6. The van der Waals surface area contributed by atoms with E-state index in [1.165, 1.54) is 11.8 Å². The second kappa shape index (κ2) is 9.39. The van der Waals surface area contributed by atoms with Gasteiger partial charge in [-0.3, -0.25) is 9.36 Å². The second-order valence-corrected chi connectivity index (χ2v) is 8.72. The topological polar surface area (TPSA) is 75.6 Å². The SMILES string of the molecule is CCCC(C)NC(=O)CSc1nnc(-c2c[nH]c3ccccc23)n1-c1cccc(C)c1. The number of nitrogens with one attached hydrogen (secondary N) is 2. The number of aromatic nitrogens is 4. The summed E-state index contributed by atoms with van der Waals surface area (Å²) in [7, 11) is 0. The minimum Gasteiger partial charge on any atom is -0.360 e. The maximum absolute atomic E-state index is 12.4. The molecular formula is C24H27N5OS. The van der Waals surface area contributed by atoms with E-state index >= 15 is 0 Å². The van der Waals surface area contributed by atoms with Crippen LogP contribution in [-0.4, -0.2) is 37.5 Å². The van der Waals surface area contributed by atoms with Crippen molar-refractivity contribution in [2.24, 2.45) is 0 Å². The summed E-state index contributed by atoms with van der Waals surface area (Å²) in [5.74, 6) is 1.06. The fourth-order valence-electron chi connectivity index (χ4n) is 3.75. The van der Waals surface area contributed by atoms with Gasteiger partial charge >= 0.3 is 0 Å². The van der Waals surface area contributed by atoms with Crippen LogP contribution >= 0.6 is 11.8 Å². The van der Waals surface area contributed by atoms with Crippen molar-refractivity contribution in [2.75, 3.05) is 5.75 Å². The predicted molar refractivity (Wildman–Crippen MR) is 127 cm³/mol. The molecule has 1 atom stereocenters. The smallest absolute Gasteiger partial charge is 0.230 e. The largest absolute Gasteiger partial charge is 0.360 e. The predicted octanol–water partition coefficient (Wildman–Crippen LogP) is 5.12. The number of carbonyl (C=O) groups excluding carboxylic acids is 1. The average Bonchev–Trinajstić information content (AvgIpc) is 3.36. The zero-order chi connectivity index (χ0) is 21.8. The van der Waals surface area contributed by atoms with Crippen molar-refractivity contribution in [1.29, 1.82) is 0 Å². The summed E-state index contributed by atoms with van der Waals surface area (Å²) < 4.78 is 2.04. The Labute approximate surface area is 186 Å². The van der Waals surface area contributed by atoms with Crippen molar-refractivity contribution >= 4 is 28.6 Å². The molecule has 0 saturated heterocycles. The van der Waals surface area contributed by atoms with Gasteiger partial charge in [-0.25, -0.2) is 0 Å². The highest BCUT2D eigenvalue weighted by Crippen LogP contribution is 2.32. The number of rotatable bonds is 8. The number of aryl methyl sites for hydroxylation is 1. The van der Waals surface area contributed by atoms with Gasteiger partial charge in [0.25, 0.3) is 0 Å². The molecule has 0 spiro atoms. The summed E-state index contributed by atoms with van der Waals surface area (Å²) in [5.41, 5.74) is 4.16. The first-order valence-electron chi connectivity index (χ1n) is 10.6. The van der Waals surface area contributed by atoms with Gasteiger partial charge in [0.1, 0.15) is 0 Å². The molecule has 2 heterocycles. The Bertz CT molecular complexity index is 1200. The molecule has 6 nitrogen and oxygen atoms in total. The third-order valence-corrected chi connectivity index (χ3v) is 6.11. The number of fused-ring (bicyclic) bond motifs is 1. The van der Waals surface area contributed by atoms with Crippen LogP contribution < -0.4 is 5.32 Å². The number of benzene rings is 2. The fourth-order valence-corrected chi connectivity index (χ4v) is 4.51. The molecule has 2 aromatic heterocycles. The molecule has 31 heavy (non-hydrogen) atoms. The van der Waals surface area contributed by atoms with Crippen LogP contribution in [0, 0.1) is 6.92 Å². The molecule has 0 radical (unpaired) electrons. The van der Waals surface area contributed by atoms with Gasteiger partial charge in [-0.05, 0) is 44.0 Å². The van der Waals surface area contributed by atoms with E-state index in [1.807, 2.05) is 48.0 Å². The van der Waals surface area contributed by atoms with Crippen LogP contribution in [0.4, 0.5) is 0 Å². The van der Waals surface area contributed by atoms with Gasteiger partial charge in [0.05, 0.1) is 5.75 Å². The van der Waals surface area contributed by atoms with Gasteiger partial charge in [0.15, 0.2) is 11.0 Å². The number of thioether (sulfide) groups is 1. The molecular weight excluding hydrogens is 406 g/mol. The molecule has 0 bridgehead atoms. The third kappa shape index (κ3) is 4.66. The molecule has 1 amide bonds. The molecule has 0 saturated carbocycles. The van der Waals surface area contributed by atoms with Gasteiger partial charge in [-0.15, -0.1) is 10.2 Å². The van der Waals surface area contributed by atoms with Crippen LogP contribution in [0.5, 0.6) is 0 Å². The van der Waals surface area contributed by atoms with Gasteiger partial charge in [-0.2, -0.15) is 0 Å². The van der Waals surface area contributed by atoms with E-state index in [2.05, 4.69) is 52.5 Å². The summed E-state index contributed by atoms with van der Waals surface area (Å²) in [5, 5.41) is 13.8. The standard InChI is InChI=1S/C24H27N5OS/c1-4-8-17(3)26-22(30)15-31-24-28-27-23(29(24)18-10-7-9-16(2)13-18)20-14-25-21-12-6-5-11-19(20)21/h5-7,9-14,17,25H,4,8,15H2,1-3H3,(H,26,30). The first kappa shape index (κ1) is 21.2. The minimum atomic E-state index is 0.0124. The fraction of sp³-hybridized carbons (Fsp3) is 0.292. The highest BCUT2D eigenvalue weighted by molar-refractivity contribution is 7.99. The van der Waals surface area contributed by atoms with Crippen molar-refractivity contribution < 1.29 is 4.79 Å². The maximum Gasteiger partial charge on any atom is 0.230 e. The number of hydrogen-bond acceptors (Lipinski definition) is 4. The van der Waals surface area contributed by atoms with Crippen LogP contribution in [0.1, 0.15) is 32.3 Å². The van der Waals surface area contributed by atoms with E-state index in [0.29, 0.717) is 10.9 Å². The lowest BCUT2D eigenvalue weighted by molar-refractivity contribution is -0.119. The van der Waals surface area contributed by atoms with Crippen LogP contribution in [0.2, 0.25) is 0 Å². The molecule has 160 valence electrons. The molecule has 0 aliphatic heterocycles. The highest BCUT2D eigenvalue weighted by atomic mass is 32.2. The summed E-state index contributed by atoms with van der Waals surface area (Å²) >= 11 is 1.41. The molecule has 1 unspecified atom stereocenters. The molecule has 7 heteroatoms. The molecule has 2 N–H and O–H groups in total. The normalized spacial score (nSPS) is 12.2. The van der Waals surface area contributed by atoms with E-state index in [-0.39, 0.29) is 11.9 Å².